The van der Waals surface area contributed by atoms with Crippen molar-refractivity contribution >= 4 is 17.7 Å². The standard InChI is InChI=1S/C12H14N2O2S/c1-3-10(12(15)16-4-2)17-11-6-5-9(7-13)8-14-11/h5-6,8,10H,3-4H2,1-2H3. The molecule has 0 saturated carbocycles. The number of pyridine rings is 1. The third kappa shape index (κ3) is 4.08. The molecule has 0 amide bonds. The van der Waals surface area contributed by atoms with Crippen molar-refractivity contribution in [1.29, 1.82) is 5.26 Å². The summed E-state index contributed by atoms with van der Waals surface area (Å²) in [4.78, 5) is 15.7. The zero-order chi connectivity index (χ0) is 12.7. The Labute approximate surface area is 105 Å². The highest BCUT2D eigenvalue weighted by atomic mass is 32.2. The van der Waals surface area contributed by atoms with Gasteiger partial charge in [-0.15, -0.1) is 0 Å². The number of esters is 1. The normalized spacial score (nSPS) is 11.6. The number of thioether (sulfide) groups is 1. The third-order valence-electron chi connectivity index (χ3n) is 2.05. The van der Waals surface area contributed by atoms with E-state index in [0.29, 0.717) is 18.6 Å². The molecule has 0 aliphatic heterocycles. The van der Waals surface area contributed by atoms with Crippen LogP contribution >= 0.6 is 11.8 Å². The Morgan fingerprint density at radius 3 is 2.82 bits per heavy atom. The molecule has 0 radical (unpaired) electrons. The van der Waals surface area contributed by atoms with Gasteiger partial charge in [-0.25, -0.2) is 4.98 Å². The Kier molecular flexibility index (Phi) is 5.50. The summed E-state index contributed by atoms with van der Waals surface area (Å²) in [6, 6.07) is 5.43. The van der Waals surface area contributed by atoms with E-state index in [4.69, 9.17) is 10.00 Å². The molecule has 0 aliphatic rings. The molecular weight excluding hydrogens is 236 g/mol. The van der Waals surface area contributed by atoms with Crippen molar-refractivity contribution in [2.75, 3.05) is 6.61 Å². The maximum atomic E-state index is 11.6. The molecule has 4 nitrogen and oxygen atoms in total. The van der Waals surface area contributed by atoms with Crippen LogP contribution in [0.2, 0.25) is 0 Å². The smallest absolute Gasteiger partial charge is 0.319 e. The average molecular weight is 250 g/mol. The fourth-order valence-corrected chi connectivity index (χ4v) is 2.08. The Morgan fingerprint density at radius 1 is 1.59 bits per heavy atom. The lowest BCUT2D eigenvalue weighted by molar-refractivity contribution is -0.142. The molecule has 90 valence electrons. The number of rotatable bonds is 5. The zero-order valence-electron chi connectivity index (χ0n) is 9.84. The molecular formula is C12H14N2O2S. The van der Waals surface area contributed by atoms with Gasteiger partial charge in [-0.3, -0.25) is 4.79 Å². The molecule has 1 atom stereocenters. The Hall–Kier alpha value is -1.54. The predicted molar refractivity (Wildman–Crippen MR) is 65.5 cm³/mol. The van der Waals surface area contributed by atoms with Crippen molar-refractivity contribution in [2.45, 2.75) is 30.5 Å². The van der Waals surface area contributed by atoms with Crippen LogP contribution in [0.3, 0.4) is 0 Å². The molecule has 1 rings (SSSR count). The summed E-state index contributed by atoms with van der Waals surface area (Å²) >= 11 is 1.36. The highest BCUT2D eigenvalue weighted by Gasteiger charge is 2.19. The molecule has 0 spiro atoms. The van der Waals surface area contributed by atoms with Gasteiger partial charge in [0.2, 0.25) is 0 Å². The van der Waals surface area contributed by atoms with Crippen LogP contribution in [0.25, 0.3) is 0 Å². The summed E-state index contributed by atoms with van der Waals surface area (Å²) < 4.78 is 4.97. The van der Waals surface area contributed by atoms with E-state index in [0.717, 1.165) is 5.03 Å². The number of hydrogen-bond acceptors (Lipinski definition) is 5. The third-order valence-corrected chi connectivity index (χ3v) is 3.34. The van der Waals surface area contributed by atoms with Crippen LogP contribution < -0.4 is 0 Å². The van der Waals surface area contributed by atoms with Gasteiger partial charge >= 0.3 is 5.97 Å². The van der Waals surface area contributed by atoms with Crippen molar-refractivity contribution in [3.8, 4) is 6.07 Å². The van der Waals surface area contributed by atoms with Crippen LogP contribution in [0.15, 0.2) is 23.4 Å². The van der Waals surface area contributed by atoms with Gasteiger partial charge in [0.05, 0.1) is 17.2 Å². The van der Waals surface area contributed by atoms with E-state index in [2.05, 4.69) is 4.98 Å². The summed E-state index contributed by atoms with van der Waals surface area (Å²) in [5.41, 5.74) is 0.513. The first-order valence-corrected chi connectivity index (χ1v) is 6.28. The first kappa shape index (κ1) is 13.5. The van der Waals surface area contributed by atoms with Gasteiger partial charge in [0, 0.05) is 6.20 Å². The van der Waals surface area contributed by atoms with Crippen molar-refractivity contribution in [2.24, 2.45) is 0 Å². The Morgan fingerprint density at radius 2 is 2.35 bits per heavy atom. The van der Waals surface area contributed by atoms with Gasteiger partial charge in [-0.05, 0) is 25.5 Å². The Balaban J connectivity index is 2.67. The number of hydrogen-bond donors (Lipinski definition) is 0. The quantitative estimate of drug-likeness (QED) is 0.593. The summed E-state index contributed by atoms with van der Waals surface area (Å²) in [5, 5.41) is 9.13. The van der Waals surface area contributed by atoms with Gasteiger partial charge in [-0.1, -0.05) is 18.7 Å². The molecule has 0 saturated heterocycles. The minimum Gasteiger partial charge on any atom is -0.465 e. The second kappa shape index (κ2) is 6.92. The number of carbonyl (C=O) groups is 1. The van der Waals surface area contributed by atoms with Gasteiger partial charge in [0.15, 0.2) is 0 Å². The second-order valence-electron chi connectivity index (χ2n) is 3.26. The average Bonchev–Trinajstić information content (AvgIpc) is 2.37. The van der Waals surface area contributed by atoms with Crippen LogP contribution in [0.5, 0.6) is 0 Å². The van der Waals surface area contributed by atoms with Crippen molar-refractivity contribution in [1.82, 2.24) is 4.98 Å². The summed E-state index contributed by atoms with van der Waals surface area (Å²) in [6.07, 6.45) is 2.19. The highest BCUT2D eigenvalue weighted by Crippen LogP contribution is 2.24. The molecule has 5 heteroatoms. The van der Waals surface area contributed by atoms with Crippen LogP contribution in [0.1, 0.15) is 25.8 Å². The zero-order valence-corrected chi connectivity index (χ0v) is 10.7. The molecule has 1 unspecified atom stereocenters. The van der Waals surface area contributed by atoms with E-state index in [-0.39, 0.29) is 11.2 Å². The molecule has 17 heavy (non-hydrogen) atoms. The van der Waals surface area contributed by atoms with E-state index in [1.165, 1.54) is 18.0 Å². The van der Waals surface area contributed by atoms with E-state index in [1.54, 1.807) is 19.1 Å². The Bertz CT molecular complexity index is 412. The van der Waals surface area contributed by atoms with Gasteiger partial charge < -0.3 is 4.74 Å². The number of nitrogens with zero attached hydrogens (tertiary/aromatic N) is 2. The van der Waals surface area contributed by atoms with Crippen LogP contribution in [0.4, 0.5) is 0 Å². The molecule has 0 fully saturated rings. The van der Waals surface area contributed by atoms with Crippen molar-refractivity contribution < 1.29 is 9.53 Å². The predicted octanol–water partition coefficient (Wildman–Crippen LogP) is 2.39. The van der Waals surface area contributed by atoms with E-state index < -0.39 is 0 Å². The molecule has 1 aromatic rings. The maximum absolute atomic E-state index is 11.6. The van der Waals surface area contributed by atoms with Gasteiger partial charge in [-0.2, -0.15) is 5.26 Å². The fraction of sp³-hybridized carbons (Fsp3) is 0.417. The maximum Gasteiger partial charge on any atom is 0.319 e. The van der Waals surface area contributed by atoms with Crippen LogP contribution in [0, 0.1) is 11.3 Å². The summed E-state index contributed by atoms with van der Waals surface area (Å²) in [5.74, 6) is -0.217. The van der Waals surface area contributed by atoms with Crippen LogP contribution in [-0.4, -0.2) is 22.8 Å². The van der Waals surface area contributed by atoms with Crippen molar-refractivity contribution in [3.05, 3.63) is 23.9 Å². The van der Waals surface area contributed by atoms with E-state index >= 15 is 0 Å². The van der Waals surface area contributed by atoms with E-state index in [1.807, 2.05) is 13.0 Å². The number of carbonyl (C=O) groups excluding carboxylic acids is 1. The molecule has 0 bridgehead atoms. The molecule has 1 aromatic heterocycles. The summed E-state index contributed by atoms with van der Waals surface area (Å²) in [6.45, 7) is 4.10. The summed E-state index contributed by atoms with van der Waals surface area (Å²) in [7, 11) is 0. The lowest BCUT2D eigenvalue weighted by atomic mass is 10.3. The number of aromatic nitrogens is 1. The van der Waals surface area contributed by atoms with Gasteiger partial charge in [0.25, 0.3) is 0 Å². The van der Waals surface area contributed by atoms with Crippen molar-refractivity contribution in [3.63, 3.8) is 0 Å². The lowest BCUT2D eigenvalue weighted by Crippen LogP contribution is -2.19. The first-order valence-electron chi connectivity index (χ1n) is 5.40. The SMILES string of the molecule is CCOC(=O)C(CC)Sc1ccc(C#N)cn1. The first-order chi connectivity index (χ1) is 8.21. The van der Waals surface area contributed by atoms with Gasteiger partial charge in [0.1, 0.15) is 11.3 Å². The molecule has 1 heterocycles. The topological polar surface area (TPSA) is 63.0 Å². The molecule has 0 aliphatic carbocycles. The minimum atomic E-state index is -0.240. The molecule has 0 aromatic carbocycles. The van der Waals surface area contributed by atoms with Crippen LogP contribution in [-0.2, 0) is 9.53 Å². The van der Waals surface area contributed by atoms with E-state index in [9.17, 15) is 4.79 Å². The lowest BCUT2D eigenvalue weighted by Gasteiger charge is -2.12. The minimum absolute atomic E-state index is 0.217. The largest absolute Gasteiger partial charge is 0.465 e. The highest BCUT2D eigenvalue weighted by molar-refractivity contribution is 8.00. The number of ether oxygens (including phenoxy) is 1. The fourth-order valence-electron chi connectivity index (χ4n) is 1.20. The number of nitriles is 1. The molecule has 0 N–H and O–H groups in total. The second-order valence-corrected chi connectivity index (χ2v) is 4.49. The monoisotopic (exact) mass is 250 g/mol.